The number of allylic oxidation sites excluding steroid dienone is 13. The lowest BCUT2D eigenvalue weighted by molar-refractivity contribution is -0.870. The quantitative estimate of drug-likeness (QED) is 0.0272. The topological polar surface area (TPSA) is 108 Å². The molecule has 8 nitrogen and oxygen atoms in total. The van der Waals surface area contributed by atoms with Gasteiger partial charge in [-0.15, -0.1) is 0 Å². The van der Waals surface area contributed by atoms with Gasteiger partial charge in [0.05, 0.1) is 39.9 Å². The van der Waals surface area contributed by atoms with Crippen molar-refractivity contribution in [3.8, 4) is 0 Å². The van der Waals surface area contributed by atoms with E-state index in [9.17, 15) is 19.4 Å². The number of carbonyl (C=O) groups excluding carboxylic acids is 1. The van der Waals surface area contributed by atoms with Gasteiger partial charge in [0.25, 0.3) is 7.82 Å². The molecule has 2 N–H and O–H groups in total. The number of phosphoric acid groups is 1. The van der Waals surface area contributed by atoms with Crippen molar-refractivity contribution in [3.05, 3.63) is 85.1 Å². The van der Waals surface area contributed by atoms with Crippen LogP contribution in [-0.4, -0.2) is 68.5 Å². The van der Waals surface area contributed by atoms with Gasteiger partial charge in [-0.3, -0.25) is 9.36 Å². The van der Waals surface area contributed by atoms with E-state index in [1.165, 1.54) is 128 Å². The molecule has 0 saturated carbocycles. The molecule has 0 aliphatic rings. The predicted octanol–water partition coefficient (Wildman–Crippen LogP) is 15.8. The Morgan fingerprint density at radius 2 is 0.910 bits per heavy atom. The summed E-state index contributed by atoms with van der Waals surface area (Å²) in [6, 6.07) is -0.883. The van der Waals surface area contributed by atoms with Crippen molar-refractivity contribution in [1.82, 2.24) is 5.32 Å². The first-order valence-corrected chi connectivity index (χ1v) is 28.9. The van der Waals surface area contributed by atoms with Crippen molar-refractivity contribution in [2.24, 2.45) is 0 Å². The minimum Gasteiger partial charge on any atom is -0.756 e. The second-order valence-electron chi connectivity index (χ2n) is 19.6. The van der Waals surface area contributed by atoms with E-state index in [4.69, 9.17) is 9.05 Å². The van der Waals surface area contributed by atoms with E-state index in [1.54, 1.807) is 6.08 Å². The van der Waals surface area contributed by atoms with Crippen LogP contribution in [-0.2, 0) is 18.4 Å². The number of nitrogens with one attached hydrogen (secondary N) is 1. The molecule has 9 heteroatoms. The maximum atomic E-state index is 12.7. The largest absolute Gasteiger partial charge is 0.756 e. The standard InChI is InChI=1S/C58H105N2O6P/c1-6-8-10-12-13-14-15-16-17-18-19-20-21-22-23-24-25-26-27-28-29-30-31-32-33-34-35-36-37-38-39-40-41-42-43-44-45-46-47-48-50-52-58(62)59-56(57(61)51-49-11-9-7-2)55-66-67(63,64)65-54-53-60(3,4)5/h8,10,13-14,16-17,19-20,22-23,25-26,49,51,56-57,61H,6-7,9,11-12,15,18,21,24,27-48,50,52-55H2,1-5H3,(H-,59,62,63,64)/b10-8-,14-13-,17-16-,20-19-,23-22-,26-25-,51-49+. The predicted molar refractivity (Wildman–Crippen MR) is 288 cm³/mol. The van der Waals surface area contributed by atoms with Crippen LogP contribution in [0.25, 0.3) is 0 Å². The molecule has 0 aromatic rings. The Morgan fingerprint density at radius 3 is 1.31 bits per heavy atom. The summed E-state index contributed by atoms with van der Waals surface area (Å²) in [4.78, 5) is 25.1. The van der Waals surface area contributed by atoms with Gasteiger partial charge in [0.2, 0.25) is 5.91 Å². The summed E-state index contributed by atoms with van der Waals surface area (Å²) in [5, 5.41) is 13.5. The SMILES string of the molecule is CC/C=C\C/C=C\C/C=C\C/C=C\C/C=C\C/C=C\CCCCCCCCCCCCCCCCCCCCCCCCC(=O)NC(COP(=O)([O-])OCC[N+](C)(C)C)C(O)/C=C/CCCC. The first kappa shape index (κ1) is 64.7. The lowest BCUT2D eigenvalue weighted by atomic mass is 10.0. The Labute approximate surface area is 414 Å². The van der Waals surface area contributed by atoms with Crippen molar-refractivity contribution in [2.45, 2.75) is 238 Å². The fourth-order valence-electron chi connectivity index (χ4n) is 7.55. The van der Waals surface area contributed by atoms with Crippen LogP contribution in [0.2, 0.25) is 0 Å². The number of likely N-dealkylation sites (N-methyl/N-ethyl adjacent to an activating group) is 1. The Hall–Kier alpha value is -2.32. The van der Waals surface area contributed by atoms with Crippen molar-refractivity contribution in [3.63, 3.8) is 0 Å². The molecule has 0 radical (unpaired) electrons. The second-order valence-corrected chi connectivity index (χ2v) is 21.0. The highest BCUT2D eigenvalue weighted by Crippen LogP contribution is 2.38. The molecule has 3 atom stereocenters. The molecule has 0 heterocycles. The third kappa shape index (κ3) is 51.4. The fraction of sp³-hybridized carbons (Fsp3) is 0.741. The molecule has 67 heavy (non-hydrogen) atoms. The van der Waals surface area contributed by atoms with E-state index in [-0.39, 0.29) is 19.1 Å². The van der Waals surface area contributed by atoms with Crippen molar-refractivity contribution in [2.75, 3.05) is 40.9 Å². The number of phosphoric ester groups is 1. The van der Waals surface area contributed by atoms with Gasteiger partial charge in [-0.1, -0.05) is 240 Å². The van der Waals surface area contributed by atoms with Crippen LogP contribution < -0.4 is 10.2 Å². The molecule has 388 valence electrons. The summed E-state index contributed by atoms with van der Waals surface area (Å²) in [5.41, 5.74) is 0. The summed E-state index contributed by atoms with van der Waals surface area (Å²) in [5.74, 6) is -0.206. The van der Waals surface area contributed by atoms with Gasteiger partial charge in [-0.2, -0.15) is 0 Å². The number of amides is 1. The molecule has 0 saturated heterocycles. The van der Waals surface area contributed by atoms with Crippen molar-refractivity contribution in [1.29, 1.82) is 0 Å². The van der Waals surface area contributed by atoms with E-state index in [0.29, 0.717) is 17.4 Å². The average molecular weight is 957 g/mol. The fourth-order valence-corrected chi connectivity index (χ4v) is 8.28. The Balaban J connectivity index is 3.68. The molecule has 3 unspecified atom stereocenters. The van der Waals surface area contributed by atoms with E-state index < -0.39 is 20.0 Å². The van der Waals surface area contributed by atoms with Gasteiger partial charge in [0.1, 0.15) is 13.2 Å². The van der Waals surface area contributed by atoms with Gasteiger partial charge >= 0.3 is 0 Å². The van der Waals surface area contributed by atoms with E-state index in [1.807, 2.05) is 27.2 Å². The molecule has 0 bridgehead atoms. The highest BCUT2D eigenvalue weighted by molar-refractivity contribution is 7.45. The zero-order valence-electron chi connectivity index (χ0n) is 44.1. The molecule has 0 aliphatic heterocycles. The first-order valence-electron chi connectivity index (χ1n) is 27.4. The molecule has 1 amide bonds. The summed E-state index contributed by atoms with van der Waals surface area (Å²) in [6.45, 7) is 4.37. The third-order valence-corrected chi connectivity index (χ3v) is 12.8. The third-order valence-electron chi connectivity index (χ3n) is 11.9. The smallest absolute Gasteiger partial charge is 0.268 e. The van der Waals surface area contributed by atoms with Gasteiger partial charge in [-0.25, -0.2) is 0 Å². The first-order chi connectivity index (χ1) is 32.5. The summed E-state index contributed by atoms with van der Waals surface area (Å²) in [7, 11) is 1.25. The molecule has 0 fully saturated rings. The van der Waals surface area contributed by atoms with E-state index in [0.717, 1.165) is 77.0 Å². The van der Waals surface area contributed by atoms with Crippen LogP contribution in [0.3, 0.4) is 0 Å². The van der Waals surface area contributed by atoms with Gasteiger partial charge in [0, 0.05) is 6.42 Å². The van der Waals surface area contributed by atoms with E-state index in [2.05, 4.69) is 92.1 Å². The lowest BCUT2D eigenvalue weighted by Gasteiger charge is -2.29. The Morgan fingerprint density at radius 1 is 0.537 bits per heavy atom. The van der Waals surface area contributed by atoms with Crippen LogP contribution in [0.5, 0.6) is 0 Å². The van der Waals surface area contributed by atoms with Crippen LogP contribution in [0.1, 0.15) is 226 Å². The van der Waals surface area contributed by atoms with Crippen LogP contribution in [0.15, 0.2) is 85.1 Å². The number of nitrogens with zero attached hydrogens (tertiary/aromatic N) is 1. The Kier molecular flexibility index (Phi) is 47.0. The summed E-state index contributed by atoms with van der Waals surface area (Å²) in [6.07, 6.45) is 69.0. The molecular formula is C58H105N2O6P. The van der Waals surface area contributed by atoms with Crippen LogP contribution >= 0.6 is 7.82 Å². The number of rotatable bonds is 49. The number of aliphatic hydroxyl groups excluding tert-OH is 1. The minimum atomic E-state index is -4.57. The average Bonchev–Trinajstić information content (AvgIpc) is 3.29. The molecular weight excluding hydrogens is 852 g/mol. The molecule has 0 spiro atoms. The zero-order chi connectivity index (χ0) is 49.2. The van der Waals surface area contributed by atoms with Crippen LogP contribution in [0.4, 0.5) is 0 Å². The van der Waals surface area contributed by atoms with Gasteiger partial charge in [-0.05, 0) is 64.2 Å². The molecule has 0 aromatic carbocycles. The van der Waals surface area contributed by atoms with Crippen LogP contribution in [0, 0.1) is 0 Å². The number of aliphatic hydroxyl groups is 1. The normalized spacial score (nSPS) is 14.7. The minimum absolute atomic E-state index is 0.00317. The molecule has 0 aromatic heterocycles. The number of carbonyl (C=O) groups is 1. The van der Waals surface area contributed by atoms with Gasteiger partial charge in [0.15, 0.2) is 0 Å². The van der Waals surface area contributed by atoms with Crippen molar-refractivity contribution < 1.29 is 32.9 Å². The summed E-state index contributed by atoms with van der Waals surface area (Å²) >= 11 is 0. The molecule has 0 rings (SSSR count). The maximum absolute atomic E-state index is 12.7. The summed E-state index contributed by atoms with van der Waals surface area (Å²) < 4.78 is 23.0. The number of unbranched alkanes of at least 4 members (excludes halogenated alkanes) is 24. The highest BCUT2D eigenvalue weighted by Gasteiger charge is 2.23. The lowest BCUT2D eigenvalue weighted by Crippen LogP contribution is -2.45. The number of quaternary nitrogens is 1. The second kappa shape index (κ2) is 48.7. The number of hydrogen-bond acceptors (Lipinski definition) is 6. The van der Waals surface area contributed by atoms with E-state index >= 15 is 0 Å². The Bertz CT molecular complexity index is 1360. The highest BCUT2D eigenvalue weighted by atomic mass is 31.2. The van der Waals surface area contributed by atoms with Crippen molar-refractivity contribution >= 4 is 13.7 Å². The number of hydrogen-bond donors (Lipinski definition) is 2. The van der Waals surface area contributed by atoms with Gasteiger partial charge < -0.3 is 28.8 Å². The monoisotopic (exact) mass is 957 g/mol. The zero-order valence-corrected chi connectivity index (χ0v) is 45.0. The maximum Gasteiger partial charge on any atom is 0.268 e. The molecule has 0 aliphatic carbocycles.